The van der Waals surface area contributed by atoms with Crippen molar-refractivity contribution in [1.29, 1.82) is 0 Å². The minimum atomic E-state index is -2.36. The van der Waals surface area contributed by atoms with Crippen molar-refractivity contribution in [2.24, 2.45) is 11.3 Å². The molecule has 3 aromatic carbocycles. The van der Waals surface area contributed by atoms with Crippen molar-refractivity contribution in [3.8, 4) is 34.5 Å². The van der Waals surface area contributed by atoms with Gasteiger partial charge < -0.3 is 38.5 Å². The summed E-state index contributed by atoms with van der Waals surface area (Å²) in [7, 11) is -0.842. The van der Waals surface area contributed by atoms with Gasteiger partial charge in [0.25, 0.3) is 5.91 Å². The Kier molecular flexibility index (Phi) is 18.6. The van der Waals surface area contributed by atoms with Gasteiger partial charge in [-0.2, -0.15) is 9.97 Å². The molecule has 11 rings (SSSR count). The predicted molar refractivity (Wildman–Crippen MR) is 343 cm³/mol. The summed E-state index contributed by atoms with van der Waals surface area (Å²) in [6, 6.07) is 10.6. The molecular formula is C67H85ClF2N10O8Si. The van der Waals surface area contributed by atoms with Crippen molar-refractivity contribution in [2.45, 2.75) is 142 Å². The summed E-state index contributed by atoms with van der Waals surface area (Å²) in [5, 5.41) is 4.05. The van der Waals surface area contributed by atoms with E-state index in [2.05, 4.69) is 73.0 Å². The molecule has 1 N–H and O–H groups in total. The molecule has 1 aliphatic carbocycles. The molecule has 18 nitrogen and oxygen atoms in total. The fraction of sp³-hybridized carbons (Fsp3) is 0.567. The maximum atomic E-state index is 18.3. The number of carbonyl (C=O) groups excluding carboxylic acids is 4. The standard InChI is InChI=1S/C67H85ClF2N10O8Si/c1-41(2)89(42(3)4,43(5)6)30-20-50-54(69)16-12-45-31-49(87-40-85-10)33-51(57(45)50)59-58(70)60-52(34-71-59)61(78-36-47-13-14-48(37-78)80(47)65(84)88-66(7,8)9)74-63(73-60)86-39-67(21-22-67)38-76-28-26-75(27-29-76)35-44-17-23-77(24-18-44)62(82)46-11-15-53(68)55(32-46)79-25-19-56(81)72-64(79)83/h11-12,15-16,31-34,41-44,47-48H,13-14,17-19,21-29,35-40H2,1-10H3,(H,72,81,83). The number of aromatic nitrogens is 3. The van der Waals surface area contributed by atoms with Gasteiger partial charge in [-0.05, 0) is 124 Å². The number of piperazine rings is 2. The van der Waals surface area contributed by atoms with Crippen molar-refractivity contribution < 1.29 is 46.9 Å². The van der Waals surface area contributed by atoms with E-state index in [0.29, 0.717) is 88.3 Å². The number of hydrogen-bond donors (Lipinski definition) is 1. The van der Waals surface area contributed by atoms with E-state index in [9.17, 15) is 19.2 Å². The summed E-state index contributed by atoms with van der Waals surface area (Å²) >= 11 is 6.48. The summed E-state index contributed by atoms with van der Waals surface area (Å²) in [5.74, 6) is 2.96. The molecule has 476 valence electrons. The number of amides is 5. The summed E-state index contributed by atoms with van der Waals surface area (Å²) in [6.07, 6.45) is 6.63. The molecule has 5 aliphatic heterocycles. The van der Waals surface area contributed by atoms with E-state index in [4.69, 9.17) is 45.5 Å². The zero-order chi connectivity index (χ0) is 63.3. The van der Waals surface area contributed by atoms with E-state index in [1.807, 2.05) is 30.6 Å². The lowest BCUT2D eigenvalue weighted by Crippen LogP contribution is -2.57. The van der Waals surface area contributed by atoms with Crippen LogP contribution in [0.4, 0.5) is 29.9 Å². The molecule has 89 heavy (non-hydrogen) atoms. The Morgan fingerprint density at radius 2 is 1.54 bits per heavy atom. The number of urea groups is 1. The number of likely N-dealkylation sites (tertiary alicyclic amines) is 1. The van der Waals surface area contributed by atoms with Gasteiger partial charge in [0.1, 0.15) is 42.3 Å². The molecule has 2 bridgehead atoms. The van der Waals surface area contributed by atoms with Crippen molar-refractivity contribution >= 4 is 76.8 Å². The number of hydrogen-bond acceptors (Lipinski definition) is 14. The highest BCUT2D eigenvalue weighted by molar-refractivity contribution is 6.90. The maximum absolute atomic E-state index is 18.3. The van der Waals surface area contributed by atoms with Crippen LogP contribution in [0.1, 0.15) is 123 Å². The van der Waals surface area contributed by atoms with Gasteiger partial charge in [-0.1, -0.05) is 65.1 Å². The molecular weight excluding hydrogens is 1170 g/mol. The number of anilines is 2. The van der Waals surface area contributed by atoms with E-state index >= 15 is 8.78 Å². The fourth-order valence-corrected chi connectivity index (χ4v) is 20.0. The van der Waals surface area contributed by atoms with Gasteiger partial charge in [-0.15, -0.1) is 5.54 Å². The monoisotopic (exact) mass is 1260 g/mol. The van der Waals surface area contributed by atoms with Gasteiger partial charge in [-0.25, -0.2) is 18.4 Å². The van der Waals surface area contributed by atoms with Crippen LogP contribution in [0.2, 0.25) is 21.6 Å². The molecule has 5 saturated heterocycles. The average molecular weight is 1260 g/mol. The van der Waals surface area contributed by atoms with Crippen molar-refractivity contribution in [3.63, 3.8) is 0 Å². The highest BCUT2D eigenvalue weighted by Crippen LogP contribution is 2.48. The van der Waals surface area contributed by atoms with Crippen LogP contribution in [-0.4, -0.2) is 177 Å². The number of fused-ring (bicyclic) bond motifs is 4. The molecule has 2 unspecified atom stereocenters. The van der Waals surface area contributed by atoms with Gasteiger partial charge in [0.2, 0.25) is 5.91 Å². The van der Waals surface area contributed by atoms with Gasteiger partial charge in [0.15, 0.2) is 12.6 Å². The highest BCUT2D eigenvalue weighted by atomic mass is 35.5. The highest BCUT2D eigenvalue weighted by Gasteiger charge is 2.48. The Hall–Kier alpha value is -6.70. The van der Waals surface area contributed by atoms with E-state index in [1.165, 1.54) is 18.1 Å². The normalized spacial score (nSPS) is 20.2. The maximum Gasteiger partial charge on any atom is 0.410 e. The fourth-order valence-electron chi connectivity index (χ4n) is 14.6. The number of nitrogens with zero attached hydrogens (tertiary/aromatic N) is 9. The Morgan fingerprint density at radius 1 is 0.854 bits per heavy atom. The Balaban J connectivity index is 0.822. The molecule has 0 spiro atoms. The first-order chi connectivity index (χ1) is 42.4. The average Bonchev–Trinajstić information content (AvgIpc) is 1.33. The molecule has 1 saturated carbocycles. The Labute approximate surface area is 527 Å². The second-order valence-electron chi connectivity index (χ2n) is 27.4. The Bertz CT molecular complexity index is 3560. The van der Waals surface area contributed by atoms with Gasteiger partial charge in [-0.3, -0.25) is 29.7 Å². The van der Waals surface area contributed by atoms with E-state index in [-0.39, 0.29) is 94.6 Å². The van der Waals surface area contributed by atoms with Crippen molar-refractivity contribution in [2.75, 3.05) is 102 Å². The molecule has 22 heteroatoms. The second kappa shape index (κ2) is 25.9. The first-order valence-corrected chi connectivity index (χ1v) is 34.4. The van der Waals surface area contributed by atoms with E-state index < -0.39 is 31.3 Å². The SMILES string of the molecule is COCOc1cc(-c2ncc3c(N4CC5CCC(C4)N5C(=O)OC(C)(C)C)nc(OCC4(CN5CCN(CC6CCN(C(=O)c7ccc(Cl)c(N8CCC(=O)NC8=O)c7)CC6)CC5)CC4)nc3c2F)c2c(C#C[Si](C(C)C)(C(C)C)C(C)C)c(F)ccc2c1. The van der Waals surface area contributed by atoms with Crippen LogP contribution in [-0.2, 0) is 14.3 Å². The third-order valence-electron chi connectivity index (χ3n) is 19.4. The van der Waals surface area contributed by atoms with E-state index in [1.54, 1.807) is 42.6 Å². The number of carbonyl (C=O) groups is 4. The number of methoxy groups -OCH3 is 1. The van der Waals surface area contributed by atoms with Crippen LogP contribution in [0, 0.1) is 34.4 Å². The third-order valence-corrected chi connectivity index (χ3v) is 26.0. The minimum absolute atomic E-state index is 0.00181. The number of nitrogens with one attached hydrogen (secondary N) is 1. The number of benzene rings is 3. The van der Waals surface area contributed by atoms with E-state index in [0.717, 1.165) is 77.8 Å². The number of rotatable bonds is 17. The van der Waals surface area contributed by atoms with Crippen LogP contribution >= 0.6 is 11.6 Å². The lowest BCUT2D eigenvalue weighted by Gasteiger charge is -2.42. The molecule has 5 amide bonds. The number of imide groups is 1. The molecule has 7 heterocycles. The molecule has 0 radical (unpaired) electrons. The lowest BCUT2D eigenvalue weighted by molar-refractivity contribution is -0.120. The lowest BCUT2D eigenvalue weighted by atomic mass is 9.95. The van der Waals surface area contributed by atoms with Crippen molar-refractivity contribution in [1.82, 2.24) is 39.9 Å². The van der Waals surface area contributed by atoms with Crippen LogP contribution in [0.3, 0.4) is 0 Å². The van der Waals surface area contributed by atoms with Crippen LogP contribution in [0.5, 0.6) is 11.8 Å². The van der Waals surface area contributed by atoms with Crippen LogP contribution < -0.4 is 24.6 Å². The number of halogens is 3. The van der Waals surface area contributed by atoms with Crippen LogP contribution in [0.25, 0.3) is 32.9 Å². The molecule has 2 atom stereocenters. The third kappa shape index (κ3) is 13.4. The van der Waals surface area contributed by atoms with Gasteiger partial charge in [0.05, 0.1) is 40.4 Å². The summed E-state index contributed by atoms with van der Waals surface area (Å²) in [6.45, 7) is 26.8. The summed E-state index contributed by atoms with van der Waals surface area (Å²) in [4.78, 5) is 78.9. The zero-order valence-electron chi connectivity index (χ0n) is 53.1. The van der Waals surface area contributed by atoms with Crippen molar-refractivity contribution in [3.05, 3.63) is 76.4 Å². The number of pyridine rings is 1. The first-order valence-electron chi connectivity index (χ1n) is 31.8. The second-order valence-corrected chi connectivity index (χ2v) is 33.4. The molecule has 2 aromatic heterocycles. The molecule has 6 fully saturated rings. The summed E-state index contributed by atoms with van der Waals surface area (Å²) in [5.41, 5.74) is 5.03. The summed E-state index contributed by atoms with van der Waals surface area (Å²) < 4.78 is 58.8. The zero-order valence-corrected chi connectivity index (χ0v) is 54.9. The smallest absolute Gasteiger partial charge is 0.410 e. The predicted octanol–water partition coefficient (Wildman–Crippen LogP) is 11.7. The molecule has 5 aromatic rings. The molecule has 6 aliphatic rings. The van der Waals surface area contributed by atoms with Gasteiger partial charge in [0, 0.05) is 114 Å². The van der Waals surface area contributed by atoms with Crippen LogP contribution in [0.15, 0.2) is 48.7 Å². The van der Waals surface area contributed by atoms with Gasteiger partial charge >= 0.3 is 18.1 Å². The number of ether oxygens (including phenoxy) is 4. The largest absolute Gasteiger partial charge is 0.468 e. The Morgan fingerprint density at radius 3 is 2.18 bits per heavy atom. The quantitative estimate of drug-likeness (QED) is 0.0529. The minimum Gasteiger partial charge on any atom is -0.468 e. The topological polar surface area (TPSA) is 175 Å². The first kappa shape index (κ1) is 63.8. The number of piperidine rings is 1.